The molecule has 20 heavy (non-hydrogen) atoms. The Labute approximate surface area is 119 Å². The Morgan fingerprint density at radius 2 is 1.85 bits per heavy atom. The minimum Gasteiger partial charge on any atom is -0.464 e. The quantitative estimate of drug-likeness (QED) is 0.869. The van der Waals surface area contributed by atoms with E-state index < -0.39 is 0 Å². The first kappa shape index (κ1) is 14.2. The van der Waals surface area contributed by atoms with Crippen LogP contribution in [0.25, 0.3) is 0 Å². The number of hydrogen-bond acceptors (Lipinski definition) is 3. The van der Waals surface area contributed by atoms with Gasteiger partial charge in [-0.3, -0.25) is 4.79 Å². The summed E-state index contributed by atoms with van der Waals surface area (Å²) >= 11 is 0. The fraction of sp³-hybridized carbons (Fsp3) is 0.312. The summed E-state index contributed by atoms with van der Waals surface area (Å²) in [7, 11) is 0. The summed E-state index contributed by atoms with van der Waals surface area (Å²) in [6.45, 7) is 6.34. The molecule has 0 fully saturated rings. The second kappa shape index (κ2) is 5.82. The van der Waals surface area contributed by atoms with Crippen molar-refractivity contribution >= 4 is 11.6 Å². The predicted octanol–water partition coefficient (Wildman–Crippen LogP) is 3.22. The van der Waals surface area contributed by atoms with Crippen molar-refractivity contribution in [2.24, 2.45) is 0 Å². The first-order chi connectivity index (χ1) is 9.47. The zero-order chi connectivity index (χ0) is 14.7. The van der Waals surface area contributed by atoms with Gasteiger partial charge in [0.15, 0.2) is 0 Å². The molecule has 0 aliphatic rings. The molecule has 1 heterocycles. The highest BCUT2D eigenvalue weighted by molar-refractivity contribution is 5.94. The largest absolute Gasteiger partial charge is 0.464 e. The molecule has 4 nitrogen and oxygen atoms in total. The molecular weight excluding hydrogens is 252 g/mol. The van der Waals surface area contributed by atoms with Gasteiger partial charge in [-0.15, -0.1) is 0 Å². The SMILES string of the molecule is Cc1ccc(CN(C(=O)c2ccc(N)cc2)C(C)C)o1. The molecule has 0 aliphatic carbocycles. The predicted molar refractivity (Wildman–Crippen MR) is 79.3 cm³/mol. The molecule has 0 bridgehead atoms. The fourth-order valence-electron chi connectivity index (χ4n) is 2.02. The van der Waals surface area contributed by atoms with Crippen LogP contribution < -0.4 is 5.73 Å². The lowest BCUT2D eigenvalue weighted by Gasteiger charge is -2.26. The second-order valence-corrected chi connectivity index (χ2v) is 5.16. The fourth-order valence-corrected chi connectivity index (χ4v) is 2.02. The van der Waals surface area contributed by atoms with Crippen LogP contribution in [0.2, 0.25) is 0 Å². The number of rotatable bonds is 4. The molecule has 0 saturated carbocycles. The molecule has 1 amide bonds. The summed E-state index contributed by atoms with van der Waals surface area (Å²) < 4.78 is 5.56. The topological polar surface area (TPSA) is 59.5 Å². The van der Waals surface area contributed by atoms with Crippen LogP contribution in [0, 0.1) is 6.92 Å². The van der Waals surface area contributed by atoms with Gasteiger partial charge < -0.3 is 15.1 Å². The first-order valence-electron chi connectivity index (χ1n) is 6.69. The molecule has 0 atom stereocenters. The van der Waals surface area contributed by atoms with E-state index in [0.717, 1.165) is 11.5 Å². The van der Waals surface area contributed by atoms with E-state index in [1.807, 2.05) is 32.9 Å². The van der Waals surface area contributed by atoms with Gasteiger partial charge in [0.2, 0.25) is 0 Å². The van der Waals surface area contributed by atoms with Crippen LogP contribution in [-0.4, -0.2) is 16.8 Å². The molecular formula is C16H20N2O2. The number of amides is 1. The van der Waals surface area contributed by atoms with Gasteiger partial charge in [0.25, 0.3) is 5.91 Å². The van der Waals surface area contributed by atoms with Crippen molar-refractivity contribution in [1.29, 1.82) is 0 Å². The summed E-state index contributed by atoms with van der Waals surface area (Å²) in [6, 6.07) is 10.9. The monoisotopic (exact) mass is 272 g/mol. The molecule has 0 aliphatic heterocycles. The molecule has 2 rings (SSSR count). The molecule has 0 spiro atoms. The summed E-state index contributed by atoms with van der Waals surface area (Å²) in [5.41, 5.74) is 6.94. The van der Waals surface area contributed by atoms with Crippen molar-refractivity contribution < 1.29 is 9.21 Å². The van der Waals surface area contributed by atoms with Crippen molar-refractivity contribution in [3.8, 4) is 0 Å². The second-order valence-electron chi connectivity index (χ2n) is 5.16. The van der Waals surface area contributed by atoms with Gasteiger partial charge in [-0.25, -0.2) is 0 Å². The maximum atomic E-state index is 12.6. The van der Waals surface area contributed by atoms with Crippen LogP contribution in [0.15, 0.2) is 40.8 Å². The molecule has 0 radical (unpaired) electrons. The van der Waals surface area contributed by atoms with Crippen molar-refractivity contribution in [2.45, 2.75) is 33.4 Å². The number of furan rings is 1. The third-order valence-corrected chi connectivity index (χ3v) is 3.16. The first-order valence-corrected chi connectivity index (χ1v) is 6.69. The highest BCUT2D eigenvalue weighted by atomic mass is 16.3. The molecule has 1 aromatic carbocycles. The van der Waals surface area contributed by atoms with E-state index in [1.54, 1.807) is 29.2 Å². The zero-order valence-electron chi connectivity index (χ0n) is 12.1. The number of nitrogens with two attached hydrogens (primary N) is 1. The van der Waals surface area contributed by atoms with E-state index in [0.29, 0.717) is 17.8 Å². The van der Waals surface area contributed by atoms with Gasteiger partial charge in [0.1, 0.15) is 11.5 Å². The Balaban J connectivity index is 2.19. The smallest absolute Gasteiger partial charge is 0.254 e. The number of hydrogen-bond donors (Lipinski definition) is 1. The zero-order valence-corrected chi connectivity index (χ0v) is 12.1. The lowest BCUT2D eigenvalue weighted by atomic mass is 10.1. The third-order valence-electron chi connectivity index (χ3n) is 3.16. The van der Waals surface area contributed by atoms with Crippen LogP contribution >= 0.6 is 0 Å². The Bertz CT molecular complexity index is 585. The van der Waals surface area contributed by atoms with E-state index >= 15 is 0 Å². The maximum absolute atomic E-state index is 12.6. The lowest BCUT2D eigenvalue weighted by molar-refractivity contribution is 0.0675. The van der Waals surface area contributed by atoms with Gasteiger partial charge in [-0.2, -0.15) is 0 Å². The normalized spacial score (nSPS) is 10.8. The van der Waals surface area contributed by atoms with Crippen LogP contribution in [0.5, 0.6) is 0 Å². The van der Waals surface area contributed by atoms with Crippen LogP contribution in [0.1, 0.15) is 35.7 Å². The number of carbonyl (C=O) groups is 1. The summed E-state index contributed by atoms with van der Waals surface area (Å²) in [5.74, 6) is 1.62. The summed E-state index contributed by atoms with van der Waals surface area (Å²) in [5, 5.41) is 0. The van der Waals surface area contributed by atoms with Crippen molar-refractivity contribution in [2.75, 3.05) is 5.73 Å². The summed E-state index contributed by atoms with van der Waals surface area (Å²) in [6.07, 6.45) is 0. The molecule has 0 unspecified atom stereocenters. The number of nitrogen functional groups attached to an aromatic ring is 1. The Morgan fingerprint density at radius 1 is 1.20 bits per heavy atom. The highest BCUT2D eigenvalue weighted by Crippen LogP contribution is 2.16. The lowest BCUT2D eigenvalue weighted by Crippen LogP contribution is -2.36. The molecule has 106 valence electrons. The van der Waals surface area contributed by atoms with Crippen molar-refractivity contribution in [3.05, 3.63) is 53.5 Å². The van der Waals surface area contributed by atoms with Crippen molar-refractivity contribution in [1.82, 2.24) is 4.90 Å². The van der Waals surface area contributed by atoms with E-state index in [4.69, 9.17) is 10.2 Å². The molecule has 2 N–H and O–H groups in total. The minimum atomic E-state index is -0.0194. The van der Waals surface area contributed by atoms with Gasteiger partial charge in [-0.1, -0.05) is 0 Å². The van der Waals surface area contributed by atoms with Gasteiger partial charge in [0.05, 0.1) is 6.54 Å². The van der Waals surface area contributed by atoms with Crippen LogP contribution in [-0.2, 0) is 6.54 Å². The summed E-state index contributed by atoms with van der Waals surface area (Å²) in [4.78, 5) is 14.3. The number of nitrogens with zero attached hydrogens (tertiary/aromatic N) is 1. The number of anilines is 1. The van der Waals surface area contributed by atoms with Crippen LogP contribution in [0.3, 0.4) is 0 Å². The maximum Gasteiger partial charge on any atom is 0.254 e. The van der Waals surface area contributed by atoms with Gasteiger partial charge in [0, 0.05) is 17.3 Å². The van der Waals surface area contributed by atoms with E-state index in [-0.39, 0.29) is 11.9 Å². The molecule has 1 aromatic heterocycles. The molecule has 4 heteroatoms. The average Bonchev–Trinajstić information content (AvgIpc) is 2.81. The average molecular weight is 272 g/mol. The minimum absolute atomic E-state index is 0.0194. The third kappa shape index (κ3) is 3.20. The van der Waals surface area contributed by atoms with Gasteiger partial charge in [-0.05, 0) is 57.2 Å². The van der Waals surface area contributed by atoms with Gasteiger partial charge >= 0.3 is 0 Å². The van der Waals surface area contributed by atoms with E-state index in [2.05, 4.69) is 0 Å². The number of benzene rings is 1. The standard InChI is InChI=1S/C16H20N2O2/c1-11(2)18(10-15-9-4-12(3)20-15)16(19)13-5-7-14(17)8-6-13/h4-9,11H,10,17H2,1-3H3. The number of carbonyl (C=O) groups excluding carboxylic acids is 1. The number of aryl methyl sites for hydroxylation is 1. The molecule has 2 aromatic rings. The van der Waals surface area contributed by atoms with Crippen LogP contribution in [0.4, 0.5) is 5.69 Å². The Hall–Kier alpha value is -2.23. The van der Waals surface area contributed by atoms with Crippen molar-refractivity contribution in [3.63, 3.8) is 0 Å². The van der Waals surface area contributed by atoms with E-state index in [9.17, 15) is 4.79 Å². The highest BCUT2D eigenvalue weighted by Gasteiger charge is 2.20. The molecule has 0 saturated heterocycles. The Morgan fingerprint density at radius 3 is 2.35 bits per heavy atom. The Kier molecular flexibility index (Phi) is 4.13. The van der Waals surface area contributed by atoms with E-state index in [1.165, 1.54) is 0 Å².